The van der Waals surface area contributed by atoms with Gasteiger partial charge in [0.1, 0.15) is 5.82 Å². The van der Waals surface area contributed by atoms with Crippen LogP contribution in [-0.4, -0.2) is 0 Å². The molecule has 1 heteroatoms. The van der Waals surface area contributed by atoms with Crippen molar-refractivity contribution in [1.29, 1.82) is 0 Å². The zero-order valence-electron chi connectivity index (χ0n) is 13.2. The second-order valence-electron chi connectivity index (χ2n) is 6.95. The van der Waals surface area contributed by atoms with E-state index in [4.69, 9.17) is 0 Å². The maximum atomic E-state index is 13.7. The Bertz CT molecular complexity index is 507. The van der Waals surface area contributed by atoms with Gasteiger partial charge < -0.3 is 0 Å². The molecule has 2 aliphatic carbocycles. The standard InChI is InChI=1S/C20H27F/c1-2-15-6-8-16(9-7-15)10-11-17-12-13-19-18(14-17)4-3-5-20(19)21/h3-5,12,15-16H,2,6-11,13-14H2,1H3. The van der Waals surface area contributed by atoms with Gasteiger partial charge in [-0.25, -0.2) is 4.39 Å². The van der Waals surface area contributed by atoms with Gasteiger partial charge in [-0.15, -0.1) is 0 Å². The van der Waals surface area contributed by atoms with Gasteiger partial charge in [0.2, 0.25) is 0 Å². The van der Waals surface area contributed by atoms with Gasteiger partial charge in [0.25, 0.3) is 0 Å². The van der Waals surface area contributed by atoms with E-state index in [1.165, 1.54) is 56.1 Å². The molecule has 0 heterocycles. The fourth-order valence-electron chi connectivity index (χ4n) is 4.07. The predicted octanol–water partition coefficient (Wildman–Crippen LogP) is 5.85. The molecule has 0 atom stereocenters. The summed E-state index contributed by atoms with van der Waals surface area (Å²) in [6.45, 7) is 2.33. The SMILES string of the molecule is CCC1CCC(CCC2=CCc3c(F)cccc3C2)CC1. The summed E-state index contributed by atoms with van der Waals surface area (Å²) in [5.74, 6) is 1.90. The van der Waals surface area contributed by atoms with Gasteiger partial charge in [-0.3, -0.25) is 0 Å². The van der Waals surface area contributed by atoms with E-state index in [-0.39, 0.29) is 5.82 Å². The Morgan fingerprint density at radius 3 is 2.62 bits per heavy atom. The van der Waals surface area contributed by atoms with Crippen molar-refractivity contribution < 1.29 is 4.39 Å². The van der Waals surface area contributed by atoms with Gasteiger partial charge in [-0.05, 0) is 54.7 Å². The van der Waals surface area contributed by atoms with Crippen LogP contribution in [-0.2, 0) is 12.8 Å². The molecule has 21 heavy (non-hydrogen) atoms. The van der Waals surface area contributed by atoms with E-state index in [2.05, 4.69) is 19.1 Å². The first-order valence-electron chi connectivity index (χ1n) is 8.70. The summed E-state index contributed by atoms with van der Waals surface area (Å²) in [7, 11) is 0. The Morgan fingerprint density at radius 1 is 1.10 bits per heavy atom. The van der Waals surface area contributed by atoms with Crippen molar-refractivity contribution in [3.8, 4) is 0 Å². The van der Waals surface area contributed by atoms with E-state index in [1.807, 2.05) is 6.07 Å². The van der Waals surface area contributed by atoms with Crippen LogP contribution in [0.1, 0.15) is 63.0 Å². The molecule has 2 aliphatic rings. The first-order chi connectivity index (χ1) is 10.3. The minimum absolute atomic E-state index is 0.0271. The minimum Gasteiger partial charge on any atom is -0.207 e. The first-order valence-corrected chi connectivity index (χ1v) is 8.70. The lowest BCUT2D eigenvalue weighted by Gasteiger charge is -2.28. The molecule has 3 rings (SSSR count). The smallest absolute Gasteiger partial charge is 0.126 e. The fraction of sp³-hybridized carbons (Fsp3) is 0.600. The van der Waals surface area contributed by atoms with Crippen LogP contribution in [0.15, 0.2) is 29.8 Å². The van der Waals surface area contributed by atoms with Gasteiger partial charge in [-0.1, -0.05) is 62.8 Å². The van der Waals surface area contributed by atoms with E-state index in [1.54, 1.807) is 6.07 Å². The summed E-state index contributed by atoms with van der Waals surface area (Å²) in [6, 6.07) is 5.53. The normalized spacial score (nSPS) is 25.3. The molecule has 114 valence electrons. The van der Waals surface area contributed by atoms with Crippen molar-refractivity contribution in [3.05, 3.63) is 46.8 Å². The van der Waals surface area contributed by atoms with Crippen LogP contribution < -0.4 is 0 Å². The number of benzene rings is 1. The number of fused-ring (bicyclic) bond motifs is 1. The van der Waals surface area contributed by atoms with Crippen molar-refractivity contribution in [2.75, 3.05) is 0 Å². The van der Waals surface area contributed by atoms with Gasteiger partial charge in [0.05, 0.1) is 0 Å². The predicted molar refractivity (Wildman–Crippen MR) is 86.9 cm³/mol. The zero-order valence-corrected chi connectivity index (χ0v) is 13.2. The summed E-state index contributed by atoms with van der Waals surface area (Å²) in [6.07, 6.45) is 13.7. The quantitative estimate of drug-likeness (QED) is 0.609. The number of hydrogen-bond acceptors (Lipinski definition) is 0. The van der Waals surface area contributed by atoms with Crippen molar-refractivity contribution in [2.45, 2.75) is 64.7 Å². The van der Waals surface area contributed by atoms with Crippen molar-refractivity contribution in [1.82, 2.24) is 0 Å². The van der Waals surface area contributed by atoms with Gasteiger partial charge in [0.15, 0.2) is 0 Å². The summed E-state index contributed by atoms with van der Waals surface area (Å²) in [5, 5.41) is 0. The molecule has 0 nitrogen and oxygen atoms in total. The van der Waals surface area contributed by atoms with Crippen LogP contribution in [0.4, 0.5) is 4.39 Å². The molecule has 1 fully saturated rings. The van der Waals surface area contributed by atoms with E-state index < -0.39 is 0 Å². The molecule has 0 radical (unpaired) electrons. The molecule has 0 N–H and O–H groups in total. The highest BCUT2D eigenvalue weighted by molar-refractivity contribution is 5.37. The van der Waals surface area contributed by atoms with E-state index in [0.717, 1.165) is 30.2 Å². The first kappa shape index (κ1) is 14.8. The van der Waals surface area contributed by atoms with Crippen LogP contribution in [0.2, 0.25) is 0 Å². The third-order valence-electron chi connectivity index (χ3n) is 5.65. The van der Waals surface area contributed by atoms with E-state index in [0.29, 0.717) is 0 Å². The van der Waals surface area contributed by atoms with Crippen LogP contribution in [0.5, 0.6) is 0 Å². The number of hydrogen-bond donors (Lipinski definition) is 0. The average molecular weight is 286 g/mol. The molecule has 0 unspecified atom stereocenters. The lowest BCUT2D eigenvalue weighted by atomic mass is 9.78. The highest BCUT2D eigenvalue weighted by Gasteiger charge is 2.21. The molecular formula is C20H27F. The lowest BCUT2D eigenvalue weighted by molar-refractivity contribution is 0.258. The van der Waals surface area contributed by atoms with Crippen LogP contribution in [0, 0.1) is 17.7 Å². The Balaban J connectivity index is 1.50. The summed E-state index contributed by atoms with van der Waals surface area (Å²) >= 11 is 0. The summed E-state index contributed by atoms with van der Waals surface area (Å²) in [4.78, 5) is 0. The van der Waals surface area contributed by atoms with Crippen LogP contribution in [0.25, 0.3) is 0 Å². The molecule has 0 aliphatic heterocycles. The van der Waals surface area contributed by atoms with Gasteiger partial charge in [0, 0.05) is 0 Å². The lowest BCUT2D eigenvalue weighted by Crippen LogP contribution is -2.14. The van der Waals surface area contributed by atoms with Crippen LogP contribution >= 0.6 is 0 Å². The summed E-state index contributed by atoms with van der Waals surface area (Å²) < 4.78 is 13.7. The molecule has 0 aromatic heterocycles. The highest BCUT2D eigenvalue weighted by Crippen LogP contribution is 2.34. The van der Waals surface area contributed by atoms with Crippen molar-refractivity contribution in [3.63, 3.8) is 0 Å². The molecule has 0 amide bonds. The van der Waals surface area contributed by atoms with Gasteiger partial charge in [-0.2, -0.15) is 0 Å². The molecule has 0 spiro atoms. The van der Waals surface area contributed by atoms with Gasteiger partial charge >= 0.3 is 0 Å². The molecule has 1 saturated carbocycles. The topological polar surface area (TPSA) is 0 Å². The van der Waals surface area contributed by atoms with Crippen molar-refractivity contribution >= 4 is 0 Å². The molecule has 0 bridgehead atoms. The molecular weight excluding hydrogens is 259 g/mol. The largest absolute Gasteiger partial charge is 0.207 e. The minimum atomic E-state index is -0.0271. The summed E-state index contributed by atoms with van der Waals surface area (Å²) in [5.41, 5.74) is 3.66. The van der Waals surface area contributed by atoms with E-state index in [9.17, 15) is 4.39 Å². The maximum Gasteiger partial charge on any atom is 0.126 e. The second kappa shape index (κ2) is 6.77. The fourth-order valence-corrected chi connectivity index (χ4v) is 4.07. The van der Waals surface area contributed by atoms with E-state index >= 15 is 0 Å². The molecule has 1 aromatic rings. The highest BCUT2D eigenvalue weighted by atomic mass is 19.1. The Kier molecular flexibility index (Phi) is 4.77. The molecule has 1 aromatic carbocycles. The third kappa shape index (κ3) is 3.56. The number of rotatable bonds is 4. The monoisotopic (exact) mass is 286 g/mol. The Hall–Kier alpha value is -1.11. The third-order valence-corrected chi connectivity index (χ3v) is 5.65. The van der Waals surface area contributed by atoms with Crippen LogP contribution in [0.3, 0.4) is 0 Å². The Labute approximate surface area is 128 Å². The van der Waals surface area contributed by atoms with Crippen molar-refractivity contribution in [2.24, 2.45) is 11.8 Å². The molecule has 0 saturated heterocycles. The Morgan fingerprint density at radius 2 is 1.86 bits per heavy atom. The number of halogens is 1. The maximum absolute atomic E-state index is 13.7. The average Bonchev–Trinajstić information content (AvgIpc) is 2.53. The number of allylic oxidation sites excluding steroid dienone is 2. The second-order valence-corrected chi connectivity index (χ2v) is 6.95. The zero-order chi connectivity index (χ0) is 14.7.